The summed E-state index contributed by atoms with van der Waals surface area (Å²) in [6.45, 7) is 2.09. The second-order valence-electron chi connectivity index (χ2n) is 5.20. The number of amides is 1. The predicted octanol–water partition coefficient (Wildman–Crippen LogP) is 1.62. The minimum Gasteiger partial charge on any atom is -0.350 e. The van der Waals surface area contributed by atoms with Gasteiger partial charge in [-0.15, -0.1) is 0 Å². The van der Waals surface area contributed by atoms with E-state index in [1.807, 2.05) is 30.3 Å². The topological polar surface area (TPSA) is 55.1 Å². The first kappa shape index (κ1) is 12.1. The van der Waals surface area contributed by atoms with Gasteiger partial charge in [0.1, 0.15) is 0 Å². The van der Waals surface area contributed by atoms with Crippen LogP contribution in [0.1, 0.15) is 31.7 Å². The van der Waals surface area contributed by atoms with E-state index in [-0.39, 0.29) is 11.4 Å². The molecule has 1 amide bonds. The van der Waals surface area contributed by atoms with Gasteiger partial charge < -0.3 is 11.1 Å². The zero-order valence-corrected chi connectivity index (χ0v) is 10.3. The van der Waals surface area contributed by atoms with Crippen molar-refractivity contribution in [3.05, 3.63) is 35.9 Å². The molecule has 0 aliphatic heterocycles. The lowest BCUT2D eigenvalue weighted by Crippen LogP contribution is -2.55. The number of hydrogen-bond donors (Lipinski definition) is 2. The van der Waals surface area contributed by atoms with E-state index < -0.39 is 6.04 Å². The van der Waals surface area contributed by atoms with Crippen LogP contribution in [-0.2, 0) is 11.2 Å². The SMILES string of the molecule is CC1(NC(=O)[C@H](N)Cc2ccccc2)CCC1. The number of hydrogen-bond acceptors (Lipinski definition) is 2. The lowest BCUT2D eigenvalue weighted by molar-refractivity contribution is -0.125. The fraction of sp³-hybridized carbons (Fsp3) is 0.500. The Kier molecular flexibility index (Phi) is 3.48. The Hall–Kier alpha value is -1.35. The lowest BCUT2D eigenvalue weighted by Gasteiger charge is -2.39. The van der Waals surface area contributed by atoms with E-state index in [2.05, 4.69) is 12.2 Å². The molecular formula is C14H20N2O. The van der Waals surface area contributed by atoms with Gasteiger partial charge in [0.15, 0.2) is 0 Å². The predicted molar refractivity (Wildman–Crippen MR) is 68.5 cm³/mol. The molecule has 1 aromatic carbocycles. The van der Waals surface area contributed by atoms with Crippen molar-refractivity contribution < 1.29 is 4.79 Å². The summed E-state index contributed by atoms with van der Waals surface area (Å²) in [6.07, 6.45) is 3.93. The first-order valence-corrected chi connectivity index (χ1v) is 6.21. The summed E-state index contributed by atoms with van der Waals surface area (Å²) >= 11 is 0. The summed E-state index contributed by atoms with van der Waals surface area (Å²) in [7, 11) is 0. The van der Waals surface area contributed by atoms with Crippen molar-refractivity contribution in [3.63, 3.8) is 0 Å². The van der Waals surface area contributed by atoms with Gasteiger partial charge in [0.25, 0.3) is 0 Å². The normalized spacial score (nSPS) is 19.2. The molecule has 1 atom stereocenters. The molecule has 92 valence electrons. The molecule has 1 fully saturated rings. The van der Waals surface area contributed by atoms with Gasteiger partial charge in [0, 0.05) is 5.54 Å². The van der Waals surface area contributed by atoms with Crippen LogP contribution in [0.15, 0.2) is 30.3 Å². The van der Waals surface area contributed by atoms with Gasteiger partial charge in [-0.05, 0) is 38.2 Å². The molecule has 3 heteroatoms. The Labute approximate surface area is 102 Å². The van der Waals surface area contributed by atoms with Crippen molar-refractivity contribution >= 4 is 5.91 Å². The first-order chi connectivity index (χ1) is 8.09. The highest BCUT2D eigenvalue weighted by molar-refractivity contribution is 5.82. The van der Waals surface area contributed by atoms with Crippen molar-refractivity contribution in [2.75, 3.05) is 0 Å². The van der Waals surface area contributed by atoms with E-state index in [0.29, 0.717) is 6.42 Å². The fourth-order valence-electron chi connectivity index (χ4n) is 2.18. The average Bonchev–Trinajstić information content (AvgIpc) is 2.28. The fourth-order valence-corrected chi connectivity index (χ4v) is 2.18. The molecule has 3 N–H and O–H groups in total. The van der Waals surface area contributed by atoms with Gasteiger partial charge >= 0.3 is 0 Å². The van der Waals surface area contributed by atoms with Crippen molar-refractivity contribution in [1.82, 2.24) is 5.32 Å². The third-order valence-electron chi connectivity index (χ3n) is 3.52. The summed E-state index contributed by atoms with van der Waals surface area (Å²) in [5, 5.41) is 3.05. The van der Waals surface area contributed by atoms with Crippen molar-refractivity contribution in [2.45, 2.75) is 44.2 Å². The van der Waals surface area contributed by atoms with Crippen LogP contribution in [0.3, 0.4) is 0 Å². The Morgan fingerprint density at radius 3 is 2.59 bits per heavy atom. The molecule has 0 spiro atoms. The summed E-state index contributed by atoms with van der Waals surface area (Å²) < 4.78 is 0. The van der Waals surface area contributed by atoms with Crippen LogP contribution in [0.2, 0.25) is 0 Å². The number of nitrogens with two attached hydrogens (primary N) is 1. The molecule has 1 aliphatic carbocycles. The average molecular weight is 232 g/mol. The second-order valence-corrected chi connectivity index (χ2v) is 5.20. The van der Waals surface area contributed by atoms with E-state index in [4.69, 9.17) is 5.73 Å². The molecule has 1 aromatic rings. The van der Waals surface area contributed by atoms with E-state index in [0.717, 1.165) is 18.4 Å². The third-order valence-corrected chi connectivity index (χ3v) is 3.52. The molecule has 17 heavy (non-hydrogen) atoms. The molecule has 0 unspecified atom stereocenters. The Bertz CT molecular complexity index is 384. The van der Waals surface area contributed by atoms with Gasteiger partial charge in [-0.2, -0.15) is 0 Å². The van der Waals surface area contributed by atoms with Gasteiger partial charge in [-0.1, -0.05) is 30.3 Å². The Balaban J connectivity index is 1.87. The van der Waals surface area contributed by atoms with E-state index in [1.165, 1.54) is 6.42 Å². The lowest BCUT2D eigenvalue weighted by atomic mass is 9.78. The molecular weight excluding hydrogens is 212 g/mol. The van der Waals surface area contributed by atoms with Crippen LogP contribution in [0.5, 0.6) is 0 Å². The van der Waals surface area contributed by atoms with Gasteiger partial charge in [0.05, 0.1) is 6.04 Å². The second kappa shape index (κ2) is 4.88. The smallest absolute Gasteiger partial charge is 0.237 e. The maximum atomic E-state index is 11.9. The standard InChI is InChI=1S/C14H20N2O/c1-14(8-5-9-14)16-13(17)12(15)10-11-6-3-2-4-7-11/h2-4,6-7,12H,5,8-10,15H2,1H3,(H,16,17)/t12-/m1/s1. The quantitative estimate of drug-likeness (QED) is 0.828. The first-order valence-electron chi connectivity index (χ1n) is 6.21. The zero-order chi connectivity index (χ0) is 12.3. The van der Waals surface area contributed by atoms with Crippen LogP contribution in [-0.4, -0.2) is 17.5 Å². The molecule has 0 heterocycles. The highest BCUT2D eigenvalue weighted by Gasteiger charge is 2.34. The highest BCUT2D eigenvalue weighted by Crippen LogP contribution is 2.30. The Morgan fingerprint density at radius 1 is 1.41 bits per heavy atom. The number of benzene rings is 1. The van der Waals surface area contributed by atoms with Gasteiger partial charge in [-0.3, -0.25) is 4.79 Å². The molecule has 1 aliphatic rings. The van der Waals surface area contributed by atoms with Crippen molar-refractivity contribution in [3.8, 4) is 0 Å². The number of carbonyl (C=O) groups is 1. The van der Waals surface area contributed by atoms with E-state index in [9.17, 15) is 4.79 Å². The minimum atomic E-state index is -0.449. The molecule has 0 radical (unpaired) electrons. The van der Waals surface area contributed by atoms with Crippen LogP contribution in [0.4, 0.5) is 0 Å². The maximum Gasteiger partial charge on any atom is 0.237 e. The van der Waals surface area contributed by atoms with Crippen molar-refractivity contribution in [2.24, 2.45) is 5.73 Å². The summed E-state index contributed by atoms with van der Waals surface area (Å²) in [5.41, 5.74) is 7.02. The zero-order valence-electron chi connectivity index (χ0n) is 10.3. The van der Waals surface area contributed by atoms with Crippen LogP contribution in [0.25, 0.3) is 0 Å². The maximum absolute atomic E-state index is 11.9. The van der Waals surface area contributed by atoms with E-state index in [1.54, 1.807) is 0 Å². The molecule has 0 bridgehead atoms. The summed E-state index contributed by atoms with van der Waals surface area (Å²) in [4.78, 5) is 11.9. The minimum absolute atomic E-state index is 0.00854. The van der Waals surface area contributed by atoms with Gasteiger partial charge in [-0.25, -0.2) is 0 Å². The summed E-state index contributed by atoms with van der Waals surface area (Å²) in [6, 6.07) is 9.44. The van der Waals surface area contributed by atoms with Crippen molar-refractivity contribution in [1.29, 1.82) is 0 Å². The van der Waals surface area contributed by atoms with Gasteiger partial charge in [0.2, 0.25) is 5.91 Å². The van der Waals surface area contributed by atoms with Crippen LogP contribution < -0.4 is 11.1 Å². The summed E-state index contributed by atoms with van der Waals surface area (Å²) in [5.74, 6) is -0.0314. The monoisotopic (exact) mass is 232 g/mol. The van der Waals surface area contributed by atoms with Crippen LogP contribution in [0, 0.1) is 0 Å². The molecule has 0 aromatic heterocycles. The molecule has 3 nitrogen and oxygen atoms in total. The van der Waals surface area contributed by atoms with E-state index >= 15 is 0 Å². The highest BCUT2D eigenvalue weighted by atomic mass is 16.2. The van der Waals surface area contributed by atoms with Crippen LogP contribution >= 0.6 is 0 Å². The largest absolute Gasteiger partial charge is 0.350 e. The molecule has 1 saturated carbocycles. The molecule has 0 saturated heterocycles. The number of carbonyl (C=O) groups excluding carboxylic acids is 1. The third kappa shape index (κ3) is 3.07. The number of rotatable bonds is 4. The Morgan fingerprint density at radius 2 is 2.06 bits per heavy atom. The molecule has 2 rings (SSSR count). The number of nitrogens with one attached hydrogen (secondary N) is 1.